The molecule has 0 aromatic carbocycles. The Labute approximate surface area is 92.8 Å². The highest BCUT2D eigenvalue weighted by Crippen LogP contribution is 1.97. The van der Waals surface area contributed by atoms with Crippen molar-refractivity contribution in [2.45, 2.75) is 26.8 Å². The van der Waals surface area contributed by atoms with E-state index in [2.05, 4.69) is 31.0 Å². The van der Waals surface area contributed by atoms with E-state index in [1.165, 1.54) is 0 Å². The lowest BCUT2D eigenvalue weighted by Crippen LogP contribution is -2.44. The Kier molecular flexibility index (Phi) is 6.83. The summed E-state index contributed by atoms with van der Waals surface area (Å²) in [4.78, 5) is 2.06. The zero-order valence-corrected chi connectivity index (χ0v) is 10.6. The van der Waals surface area contributed by atoms with Gasteiger partial charge >= 0.3 is 0 Å². The highest BCUT2D eigenvalue weighted by Gasteiger charge is 2.08. The number of rotatable bonds is 5. The van der Waals surface area contributed by atoms with E-state index in [9.17, 15) is 0 Å². The molecule has 0 saturated heterocycles. The molecule has 0 rings (SSSR count). The molecule has 1 N–H and O–H groups in total. The van der Waals surface area contributed by atoms with Gasteiger partial charge in [0.15, 0.2) is 5.11 Å². The second-order valence-electron chi connectivity index (χ2n) is 4.08. The lowest BCUT2D eigenvalue weighted by molar-refractivity contribution is 0.178. The normalized spacial score (nSPS) is 12.7. The molecule has 3 nitrogen and oxygen atoms in total. The van der Waals surface area contributed by atoms with Crippen molar-refractivity contribution < 1.29 is 4.74 Å². The summed E-state index contributed by atoms with van der Waals surface area (Å²) in [5.41, 5.74) is 0. The molecule has 4 heteroatoms. The average Bonchev–Trinajstić information content (AvgIpc) is 2.02. The molecule has 0 heterocycles. The number of nitrogens with zero attached hydrogens (tertiary/aromatic N) is 1. The van der Waals surface area contributed by atoms with Crippen LogP contribution < -0.4 is 5.32 Å². The summed E-state index contributed by atoms with van der Waals surface area (Å²) >= 11 is 5.24. The van der Waals surface area contributed by atoms with Crippen LogP contribution in [0.25, 0.3) is 0 Å². The molecule has 0 fully saturated rings. The van der Waals surface area contributed by atoms with Crippen LogP contribution in [0.2, 0.25) is 0 Å². The first-order valence-electron chi connectivity index (χ1n) is 4.98. The van der Waals surface area contributed by atoms with Gasteiger partial charge in [-0.3, -0.25) is 0 Å². The first-order chi connectivity index (χ1) is 6.47. The van der Waals surface area contributed by atoms with Gasteiger partial charge in [0.2, 0.25) is 0 Å². The van der Waals surface area contributed by atoms with E-state index < -0.39 is 0 Å². The van der Waals surface area contributed by atoms with Crippen LogP contribution in [0.4, 0.5) is 0 Å². The largest absolute Gasteiger partial charge is 0.383 e. The molecule has 0 radical (unpaired) electrons. The van der Waals surface area contributed by atoms with Gasteiger partial charge in [-0.05, 0) is 25.1 Å². The minimum atomic E-state index is 0.266. The Balaban J connectivity index is 3.82. The lowest BCUT2D eigenvalue weighted by atomic mass is 10.2. The molecule has 0 aromatic rings. The van der Waals surface area contributed by atoms with Crippen LogP contribution in [0.3, 0.4) is 0 Å². The van der Waals surface area contributed by atoms with Crippen LogP contribution >= 0.6 is 12.2 Å². The molecular formula is C10H22N2OS. The van der Waals surface area contributed by atoms with Crippen molar-refractivity contribution in [3.05, 3.63) is 0 Å². The minimum Gasteiger partial charge on any atom is -0.383 e. The molecule has 0 aliphatic carbocycles. The lowest BCUT2D eigenvalue weighted by Gasteiger charge is -2.25. The van der Waals surface area contributed by atoms with Crippen LogP contribution in [0.1, 0.15) is 20.8 Å². The van der Waals surface area contributed by atoms with Crippen LogP contribution in [-0.4, -0.2) is 43.4 Å². The van der Waals surface area contributed by atoms with Crippen LogP contribution in [0.15, 0.2) is 0 Å². The van der Waals surface area contributed by atoms with Crippen LogP contribution in [0, 0.1) is 5.92 Å². The number of hydrogen-bond acceptors (Lipinski definition) is 2. The number of methoxy groups -OCH3 is 1. The molecule has 0 bridgehead atoms. The van der Waals surface area contributed by atoms with Gasteiger partial charge < -0.3 is 15.0 Å². The summed E-state index contributed by atoms with van der Waals surface area (Å²) in [5, 5.41) is 4.01. The van der Waals surface area contributed by atoms with Crippen LogP contribution in [-0.2, 0) is 4.74 Å². The average molecular weight is 218 g/mol. The second kappa shape index (κ2) is 7.01. The molecule has 0 aliphatic heterocycles. The number of nitrogens with one attached hydrogen (secondary N) is 1. The zero-order valence-electron chi connectivity index (χ0n) is 9.83. The van der Waals surface area contributed by atoms with Crippen molar-refractivity contribution in [2.75, 3.05) is 27.3 Å². The van der Waals surface area contributed by atoms with Gasteiger partial charge in [-0.25, -0.2) is 0 Å². The van der Waals surface area contributed by atoms with E-state index in [4.69, 9.17) is 17.0 Å². The van der Waals surface area contributed by atoms with E-state index in [0.29, 0.717) is 12.5 Å². The van der Waals surface area contributed by atoms with Crippen molar-refractivity contribution in [2.24, 2.45) is 5.92 Å². The van der Waals surface area contributed by atoms with Gasteiger partial charge in [0.1, 0.15) is 0 Å². The van der Waals surface area contributed by atoms with Crippen molar-refractivity contribution in [3.8, 4) is 0 Å². The topological polar surface area (TPSA) is 24.5 Å². The van der Waals surface area contributed by atoms with E-state index in [1.807, 2.05) is 7.05 Å². The predicted molar refractivity (Wildman–Crippen MR) is 64.5 cm³/mol. The van der Waals surface area contributed by atoms with Crippen molar-refractivity contribution in [1.82, 2.24) is 10.2 Å². The van der Waals surface area contributed by atoms with Crippen molar-refractivity contribution in [1.29, 1.82) is 0 Å². The van der Waals surface area contributed by atoms with Gasteiger partial charge in [0.25, 0.3) is 0 Å². The van der Waals surface area contributed by atoms with Gasteiger partial charge in [-0.15, -0.1) is 0 Å². The third-order valence-corrected chi connectivity index (χ3v) is 2.20. The molecule has 0 spiro atoms. The highest BCUT2D eigenvalue weighted by molar-refractivity contribution is 7.80. The molecule has 1 unspecified atom stereocenters. The van der Waals surface area contributed by atoms with E-state index in [-0.39, 0.29) is 6.04 Å². The van der Waals surface area contributed by atoms with E-state index in [1.54, 1.807) is 7.11 Å². The summed E-state index contributed by atoms with van der Waals surface area (Å²) < 4.78 is 5.02. The van der Waals surface area contributed by atoms with E-state index in [0.717, 1.165) is 11.7 Å². The molecule has 1 atom stereocenters. The maximum Gasteiger partial charge on any atom is 0.168 e. The minimum absolute atomic E-state index is 0.266. The fourth-order valence-electron chi connectivity index (χ4n) is 1.24. The Morgan fingerprint density at radius 1 is 1.43 bits per heavy atom. The zero-order chi connectivity index (χ0) is 11.1. The Hall–Kier alpha value is -0.350. The molecule has 0 aliphatic rings. The standard InChI is InChI=1S/C10H22N2OS/c1-8(2)6-12(4)10(14)11-9(3)7-13-5/h8-9H,6-7H2,1-5H3,(H,11,14). The number of thiocarbonyl (C=S) groups is 1. The van der Waals surface area contributed by atoms with Crippen molar-refractivity contribution >= 4 is 17.3 Å². The predicted octanol–water partition coefficient (Wildman–Crippen LogP) is 1.48. The molecule has 0 amide bonds. The highest BCUT2D eigenvalue weighted by atomic mass is 32.1. The second-order valence-corrected chi connectivity index (χ2v) is 4.47. The summed E-state index contributed by atoms with van der Waals surface area (Å²) in [5.74, 6) is 0.623. The summed E-state index contributed by atoms with van der Waals surface area (Å²) in [6, 6.07) is 0.266. The quantitative estimate of drug-likeness (QED) is 0.707. The summed E-state index contributed by atoms with van der Waals surface area (Å²) in [6.45, 7) is 8.07. The van der Waals surface area contributed by atoms with Crippen LogP contribution in [0.5, 0.6) is 0 Å². The maximum atomic E-state index is 5.24. The molecule has 0 aromatic heterocycles. The molecule has 84 valence electrons. The Morgan fingerprint density at radius 3 is 2.43 bits per heavy atom. The molecule has 0 saturated carbocycles. The first kappa shape index (κ1) is 13.7. The first-order valence-corrected chi connectivity index (χ1v) is 5.38. The monoisotopic (exact) mass is 218 g/mol. The smallest absolute Gasteiger partial charge is 0.168 e. The molecular weight excluding hydrogens is 196 g/mol. The fourth-order valence-corrected chi connectivity index (χ4v) is 1.52. The number of ether oxygens (including phenoxy) is 1. The Morgan fingerprint density at radius 2 is 2.00 bits per heavy atom. The maximum absolute atomic E-state index is 5.24. The van der Waals surface area contributed by atoms with Crippen molar-refractivity contribution in [3.63, 3.8) is 0 Å². The van der Waals surface area contributed by atoms with Gasteiger partial charge in [0.05, 0.1) is 6.61 Å². The van der Waals surface area contributed by atoms with Gasteiger partial charge in [-0.1, -0.05) is 13.8 Å². The third-order valence-electron chi connectivity index (χ3n) is 1.77. The fraction of sp³-hybridized carbons (Fsp3) is 0.900. The third kappa shape index (κ3) is 6.16. The van der Waals surface area contributed by atoms with Gasteiger partial charge in [0, 0.05) is 26.7 Å². The summed E-state index contributed by atoms with van der Waals surface area (Å²) in [6.07, 6.45) is 0. The van der Waals surface area contributed by atoms with E-state index >= 15 is 0 Å². The van der Waals surface area contributed by atoms with Gasteiger partial charge in [-0.2, -0.15) is 0 Å². The number of hydrogen-bond donors (Lipinski definition) is 1. The SMILES string of the molecule is COCC(C)NC(=S)N(C)CC(C)C. The molecule has 14 heavy (non-hydrogen) atoms. The summed E-state index contributed by atoms with van der Waals surface area (Å²) in [7, 11) is 3.70. The Bertz CT molecular complexity index is 174.